The average molecular weight is 451 g/mol. The van der Waals surface area contributed by atoms with Gasteiger partial charge in [0.25, 0.3) is 6.43 Å². The molecular weight excluding hydrogens is 433 g/mol. The zero-order valence-corrected chi connectivity index (χ0v) is 17.4. The Labute approximate surface area is 192 Å². The summed E-state index contributed by atoms with van der Waals surface area (Å²) in [5, 5.41) is 13.9. The fourth-order valence-electron chi connectivity index (χ4n) is 3.08. The number of ether oxygens (including phenoxy) is 3. The number of carbonyl (C=O) groups is 1. The molecule has 0 aliphatic carbocycles. The third-order valence-corrected chi connectivity index (χ3v) is 4.55. The summed E-state index contributed by atoms with van der Waals surface area (Å²) in [5.74, 6) is -3.35. The van der Waals surface area contributed by atoms with Crippen LogP contribution in [-0.4, -0.2) is 36.3 Å². The number of alkyl halides is 3. The number of nitrogens with one attached hydrogen (secondary N) is 1. The summed E-state index contributed by atoms with van der Waals surface area (Å²) in [4.78, 5) is 18.9. The zero-order chi connectivity index (χ0) is 22.7. The second-order valence-corrected chi connectivity index (χ2v) is 6.53. The van der Waals surface area contributed by atoms with Crippen LogP contribution in [0.4, 0.5) is 23.4 Å². The van der Waals surface area contributed by atoms with Gasteiger partial charge in [-0.3, -0.25) is 0 Å². The number of aromatic nitrogens is 2. The Morgan fingerprint density at radius 1 is 1.22 bits per heavy atom. The van der Waals surface area contributed by atoms with Crippen molar-refractivity contribution in [2.45, 2.75) is 31.9 Å². The molecule has 168 valence electrons. The van der Waals surface area contributed by atoms with E-state index in [1.807, 2.05) is 0 Å². The molecule has 1 aliphatic heterocycles. The zero-order valence-electron chi connectivity index (χ0n) is 17.4. The summed E-state index contributed by atoms with van der Waals surface area (Å²) in [6.07, 6.45) is -6.91. The molecule has 0 radical (unpaired) electrons. The number of carboxylic acids is 1. The van der Waals surface area contributed by atoms with Crippen molar-refractivity contribution in [3.63, 3.8) is 0 Å². The first-order valence-corrected chi connectivity index (χ1v) is 9.11. The van der Waals surface area contributed by atoms with Crippen LogP contribution in [0.2, 0.25) is 0 Å². The van der Waals surface area contributed by atoms with Crippen molar-refractivity contribution < 1.29 is 60.5 Å². The van der Waals surface area contributed by atoms with Gasteiger partial charge in [-0.15, -0.1) is 0 Å². The number of aliphatic carboxylic acids is 1. The second-order valence-electron chi connectivity index (χ2n) is 6.53. The molecule has 1 N–H and O–H groups in total. The van der Waals surface area contributed by atoms with Gasteiger partial charge < -0.3 is 29.4 Å². The van der Waals surface area contributed by atoms with Crippen molar-refractivity contribution >= 4 is 11.8 Å². The molecule has 2 aromatic rings. The van der Waals surface area contributed by atoms with Crippen molar-refractivity contribution in [1.29, 1.82) is 0 Å². The smallest absolute Gasteiger partial charge is 0.547 e. The van der Waals surface area contributed by atoms with Gasteiger partial charge in [0.1, 0.15) is 11.6 Å². The molecule has 2 atom stereocenters. The first kappa shape index (κ1) is 25.9. The van der Waals surface area contributed by atoms with E-state index in [4.69, 9.17) is 14.2 Å². The van der Waals surface area contributed by atoms with Crippen molar-refractivity contribution in [2.75, 3.05) is 25.6 Å². The van der Waals surface area contributed by atoms with Crippen LogP contribution < -0.4 is 34.0 Å². The maximum atomic E-state index is 14.6. The quantitative estimate of drug-likeness (QED) is 0.425. The summed E-state index contributed by atoms with van der Waals surface area (Å²) in [5.41, 5.74) is -1.72. The van der Waals surface area contributed by atoms with Crippen molar-refractivity contribution in [3.05, 3.63) is 46.4 Å². The number of anilines is 1. The largest absolute Gasteiger partial charge is 1.00 e. The molecule has 1 aromatic heterocycles. The minimum absolute atomic E-state index is 0. The van der Waals surface area contributed by atoms with Crippen molar-refractivity contribution in [2.24, 2.45) is 0 Å². The number of hydrogen-bond acceptors (Lipinski definition) is 8. The standard InChI is InChI=1S/C19H19F4N3O5.Li/c1-8(9-4-3-5-10(12(9)20)15(22)23)24-16-11(18-30-6-7-31-18)14(13(21)17(27)28)25-19(26-16)29-2;/h3-5,8,13,15,18H,6-7H2,1-2H3,(H,27,28)(H,24,25,26);/q;+1/p-1. The van der Waals surface area contributed by atoms with E-state index >= 15 is 0 Å². The molecule has 1 aromatic carbocycles. The first-order valence-electron chi connectivity index (χ1n) is 9.11. The summed E-state index contributed by atoms with van der Waals surface area (Å²) in [6.45, 7) is 1.73. The molecule has 0 amide bonds. The van der Waals surface area contributed by atoms with Gasteiger partial charge in [-0.1, -0.05) is 18.2 Å². The van der Waals surface area contributed by atoms with Gasteiger partial charge in [-0.05, 0) is 6.92 Å². The Bertz CT molecular complexity index is 963. The summed E-state index contributed by atoms with van der Waals surface area (Å²) in [6, 6.07) is 2.17. The number of rotatable bonds is 8. The van der Waals surface area contributed by atoms with Gasteiger partial charge in [0, 0.05) is 5.56 Å². The maximum absolute atomic E-state index is 14.6. The minimum Gasteiger partial charge on any atom is -0.547 e. The molecule has 2 heterocycles. The number of benzene rings is 1. The summed E-state index contributed by atoms with van der Waals surface area (Å²) in [7, 11) is 1.17. The second kappa shape index (κ2) is 11.0. The molecule has 1 saturated heterocycles. The Hall–Kier alpha value is -2.39. The van der Waals surface area contributed by atoms with E-state index in [0.29, 0.717) is 0 Å². The van der Waals surface area contributed by atoms with E-state index in [1.54, 1.807) is 0 Å². The third kappa shape index (κ3) is 5.32. The van der Waals surface area contributed by atoms with Gasteiger partial charge in [0.05, 0.1) is 49.2 Å². The van der Waals surface area contributed by atoms with Crippen LogP contribution in [0.3, 0.4) is 0 Å². The van der Waals surface area contributed by atoms with E-state index in [2.05, 4.69) is 15.3 Å². The topological polar surface area (TPSA) is 106 Å². The number of carboxylic acid groups (broad SMARTS) is 1. The predicted molar refractivity (Wildman–Crippen MR) is 95.5 cm³/mol. The van der Waals surface area contributed by atoms with Crippen LogP contribution in [0.5, 0.6) is 6.01 Å². The van der Waals surface area contributed by atoms with E-state index in [0.717, 1.165) is 6.07 Å². The molecule has 3 rings (SSSR count). The number of nitrogens with zero attached hydrogens (tertiary/aromatic N) is 2. The number of methoxy groups -OCH3 is 1. The molecule has 1 aliphatic rings. The molecule has 2 unspecified atom stereocenters. The maximum Gasteiger partial charge on any atom is 1.00 e. The molecule has 8 nitrogen and oxygen atoms in total. The van der Waals surface area contributed by atoms with Crippen LogP contribution in [0.1, 0.15) is 54.2 Å². The van der Waals surface area contributed by atoms with Gasteiger partial charge >= 0.3 is 24.9 Å². The van der Waals surface area contributed by atoms with Gasteiger partial charge in [-0.25, -0.2) is 17.6 Å². The van der Waals surface area contributed by atoms with E-state index in [-0.39, 0.29) is 49.0 Å². The van der Waals surface area contributed by atoms with E-state index < -0.39 is 54.0 Å². The number of hydrogen-bond donors (Lipinski definition) is 1. The monoisotopic (exact) mass is 451 g/mol. The first-order chi connectivity index (χ1) is 14.7. The average Bonchev–Trinajstić information content (AvgIpc) is 3.26. The molecule has 0 spiro atoms. The Balaban J connectivity index is 0.00000363. The number of halogens is 4. The molecule has 13 heteroatoms. The molecule has 0 saturated carbocycles. The molecule has 0 bridgehead atoms. The summed E-state index contributed by atoms with van der Waals surface area (Å²) < 4.78 is 70.7. The molecule has 1 fully saturated rings. The van der Waals surface area contributed by atoms with E-state index in [9.17, 15) is 27.5 Å². The SMILES string of the molecule is COc1nc(NC(C)c2cccc(C(F)F)c2F)c(C2OCCO2)c(C(F)C(=O)[O-])n1.[Li+]. The number of carbonyl (C=O) groups excluding carboxylic acids is 1. The molecule has 32 heavy (non-hydrogen) atoms. The van der Waals surface area contributed by atoms with Crippen molar-refractivity contribution in [1.82, 2.24) is 9.97 Å². The van der Waals surface area contributed by atoms with Crippen LogP contribution in [0, 0.1) is 5.82 Å². The fourth-order valence-corrected chi connectivity index (χ4v) is 3.08. The van der Waals surface area contributed by atoms with Crippen LogP contribution in [0.15, 0.2) is 18.2 Å². The Kier molecular flexibility index (Phi) is 8.86. The Morgan fingerprint density at radius 2 is 1.84 bits per heavy atom. The fraction of sp³-hybridized carbons (Fsp3) is 0.421. The van der Waals surface area contributed by atoms with Gasteiger partial charge in [-0.2, -0.15) is 9.97 Å². The van der Waals surface area contributed by atoms with Crippen molar-refractivity contribution in [3.8, 4) is 6.01 Å². The van der Waals surface area contributed by atoms with Crippen LogP contribution >= 0.6 is 0 Å². The predicted octanol–water partition coefficient (Wildman–Crippen LogP) is -0.455. The van der Waals surface area contributed by atoms with Crippen LogP contribution in [0.25, 0.3) is 0 Å². The molecular formula is C19H18F4LiN3O5. The summed E-state index contributed by atoms with van der Waals surface area (Å²) >= 11 is 0. The van der Waals surface area contributed by atoms with Gasteiger partial charge in [0.2, 0.25) is 0 Å². The minimum atomic E-state index is -3.02. The van der Waals surface area contributed by atoms with E-state index in [1.165, 1.54) is 26.2 Å². The van der Waals surface area contributed by atoms with Crippen LogP contribution in [-0.2, 0) is 14.3 Å². The van der Waals surface area contributed by atoms with Gasteiger partial charge in [0.15, 0.2) is 12.5 Å². The third-order valence-electron chi connectivity index (χ3n) is 4.55. The normalized spacial score (nSPS) is 15.8. The Morgan fingerprint density at radius 3 is 2.41 bits per heavy atom.